The van der Waals surface area contributed by atoms with Gasteiger partial charge in [-0.2, -0.15) is 0 Å². The van der Waals surface area contributed by atoms with Gasteiger partial charge in [0.05, 0.1) is 11.0 Å². The molecule has 98 valence electrons. The van der Waals surface area contributed by atoms with Gasteiger partial charge in [-0.3, -0.25) is 4.79 Å². The van der Waals surface area contributed by atoms with Crippen molar-refractivity contribution < 1.29 is 0 Å². The number of nitrogens with zero attached hydrogens (tertiary/aromatic N) is 3. The number of benzene rings is 1. The number of rotatable bonds is 3. The molecule has 1 aromatic carbocycles. The molecule has 0 radical (unpaired) electrons. The van der Waals surface area contributed by atoms with Gasteiger partial charge in [-0.25, -0.2) is 9.38 Å². The van der Waals surface area contributed by atoms with Crippen molar-refractivity contribution in [1.29, 1.82) is 0 Å². The fraction of sp³-hybridized carbons (Fsp3) is 0.333. The molecule has 0 unspecified atom stereocenters. The van der Waals surface area contributed by atoms with Crippen LogP contribution in [0.2, 0.25) is 0 Å². The van der Waals surface area contributed by atoms with E-state index in [0.29, 0.717) is 0 Å². The van der Waals surface area contributed by atoms with Gasteiger partial charge in [0.15, 0.2) is 0 Å². The smallest absolute Gasteiger partial charge is 0.259 e. The average Bonchev–Trinajstić information content (AvgIpc) is 2.78. The number of unbranched alkanes of at least 4 members (excludes halogenated alkanes) is 1. The largest absolute Gasteiger partial charge is 0.315 e. The van der Waals surface area contributed by atoms with Crippen molar-refractivity contribution in [3.8, 4) is 0 Å². The number of fused-ring (bicyclic) bond motifs is 3. The molecule has 0 spiro atoms. The molecule has 0 bridgehead atoms. The molecule has 0 N–H and O–H groups in total. The number of para-hydroxylation sites is 2. The van der Waals surface area contributed by atoms with Crippen LogP contribution in [0, 0.1) is 6.92 Å². The molecule has 0 aliphatic rings. The highest BCUT2D eigenvalue weighted by molar-refractivity contribution is 5.79. The fourth-order valence-corrected chi connectivity index (χ4v) is 2.48. The molecular formula is C15H17N3O. The molecule has 19 heavy (non-hydrogen) atoms. The third-order valence-corrected chi connectivity index (χ3v) is 3.50. The van der Waals surface area contributed by atoms with Gasteiger partial charge >= 0.3 is 0 Å². The summed E-state index contributed by atoms with van der Waals surface area (Å²) in [5.41, 5.74) is 2.72. The number of imidazole rings is 1. The molecule has 0 amide bonds. The lowest BCUT2D eigenvalue weighted by atomic mass is 10.3. The van der Waals surface area contributed by atoms with Crippen molar-refractivity contribution in [2.45, 2.75) is 33.2 Å². The van der Waals surface area contributed by atoms with Crippen molar-refractivity contribution in [2.24, 2.45) is 0 Å². The summed E-state index contributed by atoms with van der Waals surface area (Å²) in [6, 6.07) is 9.46. The Morgan fingerprint density at radius 3 is 2.84 bits per heavy atom. The minimum Gasteiger partial charge on any atom is -0.315 e. The second kappa shape index (κ2) is 4.53. The second-order valence-corrected chi connectivity index (χ2v) is 4.87. The predicted octanol–water partition coefficient (Wildman–Crippen LogP) is 2.76. The summed E-state index contributed by atoms with van der Waals surface area (Å²) in [4.78, 5) is 16.8. The SMILES string of the molecule is CCCCn1c(C)cc(=O)n2c3ccccc3nc12. The summed E-state index contributed by atoms with van der Waals surface area (Å²) in [5.74, 6) is 0.750. The van der Waals surface area contributed by atoms with Crippen molar-refractivity contribution in [3.63, 3.8) is 0 Å². The first-order valence-corrected chi connectivity index (χ1v) is 6.70. The third kappa shape index (κ3) is 1.84. The molecule has 0 aliphatic heterocycles. The monoisotopic (exact) mass is 255 g/mol. The molecule has 0 fully saturated rings. The van der Waals surface area contributed by atoms with E-state index in [4.69, 9.17) is 0 Å². The van der Waals surface area contributed by atoms with E-state index in [1.165, 1.54) is 0 Å². The number of aryl methyl sites for hydroxylation is 2. The highest BCUT2D eigenvalue weighted by Gasteiger charge is 2.11. The van der Waals surface area contributed by atoms with Crippen LogP contribution in [0.5, 0.6) is 0 Å². The third-order valence-electron chi connectivity index (χ3n) is 3.50. The lowest BCUT2D eigenvalue weighted by Crippen LogP contribution is -2.19. The van der Waals surface area contributed by atoms with Crippen LogP contribution in [0.25, 0.3) is 16.8 Å². The Kier molecular flexibility index (Phi) is 2.85. The van der Waals surface area contributed by atoms with Crippen LogP contribution in [0.4, 0.5) is 0 Å². The molecule has 4 nitrogen and oxygen atoms in total. The first-order chi connectivity index (χ1) is 9.22. The van der Waals surface area contributed by atoms with Crippen LogP contribution in [0.15, 0.2) is 35.1 Å². The Morgan fingerprint density at radius 2 is 2.05 bits per heavy atom. The summed E-state index contributed by atoms with van der Waals surface area (Å²) in [6.07, 6.45) is 2.21. The maximum atomic E-state index is 12.2. The molecule has 3 rings (SSSR count). The van der Waals surface area contributed by atoms with Crippen LogP contribution in [-0.4, -0.2) is 14.0 Å². The summed E-state index contributed by atoms with van der Waals surface area (Å²) in [5, 5.41) is 0. The number of hydrogen-bond donors (Lipinski definition) is 0. The minimum absolute atomic E-state index is 0.00560. The first kappa shape index (κ1) is 12.0. The Morgan fingerprint density at radius 1 is 1.26 bits per heavy atom. The van der Waals surface area contributed by atoms with Crippen LogP contribution < -0.4 is 5.56 Å². The second-order valence-electron chi connectivity index (χ2n) is 4.87. The van der Waals surface area contributed by atoms with E-state index in [0.717, 1.165) is 41.9 Å². The quantitative estimate of drug-likeness (QED) is 0.722. The predicted molar refractivity (Wildman–Crippen MR) is 76.6 cm³/mol. The maximum Gasteiger partial charge on any atom is 0.259 e. The summed E-state index contributed by atoms with van der Waals surface area (Å²) in [7, 11) is 0. The zero-order chi connectivity index (χ0) is 13.4. The van der Waals surface area contributed by atoms with Gasteiger partial charge < -0.3 is 4.57 Å². The van der Waals surface area contributed by atoms with Crippen LogP contribution in [0.3, 0.4) is 0 Å². The lowest BCUT2D eigenvalue weighted by Gasteiger charge is -2.11. The molecule has 2 aromatic heterocycles. The molecule has 3 aromatic rings. The van der Waals surface area contributed by atoms with Gasteiger partial charge in [-0.1, -0.05) is 25.5 Å². The highest BCUT2D eigenvalue weighted by Crippen LogP contribution is 2.15. The standard InChI is InChI=1S/C15H17N3O/c1-3-4-9-17-11(2)10-14(19)18-13-8-6-5-7-12(13)16-15(17)18/h5-8,10H,3-4,9H2,1-2H3. The molecular weight excluding hydrogens is 238 g/mol. The van der Waals surface area contributed by atoms with E-state index in [-0.39, 0.29) is 5.56 Å². The Bertz CT molecular complexity index is 798. The van der Waals surface area contributed by atoms with Gasteiger partial charge in [0.2, 0.25) is 5.78 Å². The van der Waals surface area contributed by atoms with Crippen LogP contribution in [-0.2, 0) is 6.54 Å². The number of hydrogen-bond acceptors (Lipinski definition) is 2. The first-order valence-electron chi connectivity index (χ1n) is 6.70. The van der Waals surface area contributed by atoms with E-state index < -0.39 is 0 Å². The van der Waals surface area contributed by atoms with Gasteiger partial charge in [0.25, 0.3) is 5.56 Å². The minimum atomic E-state index is -0.00560. The van der Waals surface area contributed by atoms with Crippen LogP contribution >= 0.6 is 0 Å². The molecule has 0 atom stereocenters. The Balaban J connectivity index is 2.40. The van der Waals surface area contributed by atoms with E-state index in [1.54, 1.807) is 10.5 Å². The molecule has 4 heteroatoms. The van der Waals surface area contributed by atoms with E-state index in [2.05, 4.69) is 16.5 Å². The van der Waals surface area contributed by atoms with Crippen molar-refractivity contribution >= 4 is 16.8 Å². The van der Waals surface area contributed by atoms with Crippen LogP contribution in [0.1, 0.15) is 25.5 Å². The number of aromatic nitrogens is 3. The summed E-state index contributed by atoms with van der Waals surface area (Å²) in [6.45, 7) is 5.03. The van der Waals surface area contributed by atoms with E-state index in [9.17, 15) is 4.79 Å². The molecule has 0 aliphatic carbocycles. The van der Waals surface area contributed by atoms with Gasteiger partial charge in [-0.05, 0) is 25.5 Å². The van der Waals surface area contributed by atoms with Gasteiger partial charge in [0.1, 0.15) is 0 Å². The van der Waals surface area contributed by atoms with Gasteiger partial charge in [0, 0.05) is 18.3 Å². The molecule has 0 saturated heterocycles. The topological polar surface area (TPSA) is 39.3 Å². The van der Waals surface area contributed by atoms with E-state index >= 15 is 0 Å². The highest BCUT2D eigenvalue weighted by atomic mass is 16.1. The lowest BCUT2D eigenvalue weighted by molar-refractivity contribution is 0.617. The summed E-state index contributed by atoms with van der Waals surface area (Å²) >= 11 is 0. The Labute approximate surface area is 111 Å². The van der Waals surface area contributed by atoms with Crippen molar-refractivity contribution in [2.75, 3.05) is 0 Å². The zero-order valence-electron chi connectivity index (χ0n) is 11.3. The zero-order valence-corrected chi connectivity index (χ0v) is 11.3. The van der Waals surface area contributed by atoms with E-state index in [1.807, 2.05) is 31.2 Å². The fourth-order valence-electron chi connectivity index (χ4n) is 2.48. The summed E-state index contributed by atoms with van der Waals surface area (Å²) < 4.78 is 3.84. The van der Waals surface area contributed by atoms with Crippen molar-refractivity contribution in [3.05, 3.63) is 46.4 Å². The normalized spacial score (nSPS) is 11.5. The average molecular weight is 255 g/mol. The van der Waals surface area contributed by atoms with Gasteiger partial charge in [-0.15, -0.1) is 0 Å². The molecule has 2 heterocycles. The van der Waals surface area contributed by atoms with Crippen molar-refractivity contribution in [1.82, 2.24) is 14.0 Å². The molecule has 0 saturated carbocycles. The Hall–Kier alpha value is -2.10. The maximum absolute atomic E-state index is 12.2.